The average molecular weight is 290 g/mol. The Morgan fingerprint density at radius 3 is 2.80 bits per heavy atom. The zero-order valence-corrected chi connectivity index (χ0v) is 12.3. The lowest BCUT2D eigenvalue weighted by molar-refractivity contribution is 0.830. The zero-order valence-electron chi connectivity index (χ0n) is 11.5. The van der Waals surface area contributed by atoms with Crippen LogP contribution in [0.5, 0.6) is 0 Å². The molecule has 1 aliphatic heterocycles. The summed E-state index contributed by atoms with van der Waals surface area (Å²) in [4.78, 5) is 17.2. The molecule has 3 heterocycles. The highest BCUT2D eigenvalue weighted by Crippen LogP contribution is 2.20. The fourth-order valence-electron chi connectivity index (χ4n) is 2.33. The Hall–Kier alpha value is -1.89. The number of hydrogen-bond acceptors (Lipinski definition) is 7. The van der Waals surface area contributed by atoms with Gasteiger partial charge in [-0.05, 0) is 35.2 Å². The number of nitrogens with zero attached hydrogens (tertiary/aromatic N) is 5. The van der Waals surface area contributed by atoms with Crippen LogP contribution in [0.3, 0.4) is 0 Å². The monoisotopic (exact) mass is 290 g/mol. The van der Waals surface area contributed by atoms with E-state index in [1.807, 2.05) is 11.9 Å². The number of thiophene rings is 1. The van der Waals surface area contributed by atoms with Crippen molar-refractivity contribution in [2.75, 3.05) is 35.7 Å². The van der Waals surface area contributed by atoms with E-state index in [0.29, 0.717) is 11.9 Å². The molecule has 0 atom stereocenters. The molecule has 1 fully saturated rings. The van der Waals surface area contributed by atoms with E-state index in [4.69, 9.17) is 5.73 Å². The van der Waals surface area contributed by atoms with Crippen LogP contribution in [-0.4, -0.2) is 35.1 Å². The van der Waals surface area contributed by atoms with Crippen molar-refractivity contribution in [3.8, 4) is 0 Å². The minimum absolute atomic E-state index is 0.286. The fourth-order valence-corrected chi connectivity index (χ4v) is 2.99. The molecular formula is C13H18N6S. The third kappa shape index (κ3) is 2.82. The maximum absolute atomic E-state index is 5.82. The summed E-state index contributed by atoms with van der Waals surface area (Å²) in [6.07, 6.45) is 2.37. The summed E-state index contributed by atoms with van der Waals surface area (Å²) in [5, 5.41) is 4.20. The molecule has 2 aromatic heterocycles. The summed E-state index contributed by atoms with van der Waals surface area (Å²) in [5.41, 5.74) is 7.07. The molecule has 0 spiro atoms. The van der Waals surface area contributed by atoms with Gasteiger partial charge < -0.3 is 15.5 Å². The number of anilines is 3. The summed E-state index contributed by atoms with van der Waals surface area (Å²) in [5.74, 6) is 1.61. The predicted molar refractivity (Wildman–Crippen MR) is 82.1 cm³/mol. The van der Waals surface area contributed by atoms with Gasteiger partial charge in [-0.25, -0.2) is 0 Å². The number of aromatic nitrogens is 3. The van der Waals surface area contributed by atoms with E-state index in [1.54, 1.807) is 11.3 Å². The Labute approximate surface area is 122 Å². The fraction of sp³-hybridized carbons (Fsp3) is 0.462. The van der Waals surface area contributed by atoms with Gasteiger partial charge in [0.2, 0.25) is 17.8 Å². The van der Waals surface area contributed by atoms with Crippen molar-refractivity contribution in [2.45, 2.75) is 19.4 Å². The average Bonchev–Trinajstić information content (AvgIpc) is 3.11. The molecule has 0 aliphatic carbocycles. The van der Waals surface area contributed by atoms with Gasteiger partial charge in [-0.3, -0.25) is 0 Å². The molecule has 20 heavy (non-hydrogen) atoms. The van der Waals surface area contributed by atoms with Crippen molar-refractivity contribution in [2.24, 2.45) is 0 Å². The van der Waals surface area contributed by atoms with E-state index in [1.165, 1.54) is 18.4 Å². The largest absolute Gasteiger partial charge is 0.368 e. The number of nitrogens with two attached hydrogens (primary N) is 1. The zero-order chi connectivity index (χ0) is 13.9. The summed E-state index contributed by atoms with van der Waals surface area (Å²) < 4.78 is 0. The second-order valence-electron chi connectivity index (χ2n) is 4.98. The van der Waals surface area contributed by atoms with Crippen molar-refractivity contribution in [3.63, 3.8) is 0 Å². The number of rotatable bonds is 4. The van der Waals surface area contributed by atoms with Gasteiger partial charge in [-0.2, -0.15) is 26.3 Å². The molecule has 0 amide bonds. The van der Waals surface area contributed by atoms with E-state index < -0.39 is 0 Å². The first-order valence-corrected chi connectivity index (χ1v) is 7.65. The van der Waals surface area contributed by atoms with Gasteiger partial charge in [0.05, 0.1) is 0 Å². The van der Waals surface area contributed by atoms with Crippen LogP contribution in [0.2, 0.25) is 0 Å². The summed E-state index contributed by atoms with van der Waals surface area (Å²) in [6, 6.07) is 2.10. The molecule has 0 saturated carbocycles. The summed E-state index contributed by atoms with van der Waals surface area (Å²) >= 11 is 1.69. The maximum atomic E-state index is 5.82. The van der Waals surface area contributed by atoms with Crippen molar-refractivity contribution < 1.29 is 0 Å². The SMILES string of the molecule is CN(Cc1ccsc1)c1nc(N)nc(N2CCCC2)n1. The molecule has 7 heteroatoms. The topological polar surface area (TPSA) is 71.2 Å². The van der Waals surface area contributed by atoms with Gasteiger partial charge in [-0.15, -0.1) is 0 Å². The van der Waals surface area contributed by atoms with E-state index >= 15 is 0 Å². The molecule has 0 radical (unpaired) electrons. The second-order valence-corrected chi connectivity index (χ2v) is 5.76. The molecule has 0 bridgehead atoms. The van der Waals surface area contributed by atoms with Gasteiger partial charge >= 0.3 is 0 Å². The Bertz CT molecular complexity index is 564. The van der Waals surface area contributed by atoms with Crippen molar-refractivity contribution in [3.05, 3.63) is 22.4 Å². The highest BCUT2D eigenvalue weighted by atomic mass is 32.1. The molecule has 0 aromatic carbocycles. The minimum Gasteiger partial charge on any atom is -0.368 e. The lowest BCUT2D eigenvalue weighted by Crippen LogP contribution is -2.25. The van der Waals surface area contributed by atoms with Gasteiger partial charge in [-0.1, -0.05) is 0 Å². The first-order valence-electron chi connectivity index (χ1n) is 6.71. The van der Waals surface area contributed by atoms with Gasteiger partial charge in [0, 0.05) is 26.7 Å². The normalized spacial score (nSPS) is 14.8. The Morgan fingerprint density at radius 2 is 2.10 bits per heavy atom. The molecule has 6 nitrogen and oxygen atoms in total. The highest BCUT2D eigenvalue weighted by molar-refractivity contribution is 7.07. The molecule has 1 saturated heterocycles. The third-order valence-corrected chi connectivity index (χ3v) is 4.09. The lowest BCUT2D eigenvalue weighted by Gasteiger charge is -2.20. The van der Waals surface area contributed by atoms with Crippen LogP contribution in [0.4, 0.5) is 17.8 Å². The van der Waals surface area contributed by atoms with Crippen LogP contribution in [0, 0.1) is 0 Å². The number of hydrogen-bond donors (Lipinski definition) is 1. The third-order valence-electron chi connectivity index (χ3n) is 3.36. The van der Waals surface area contributed by atoms with Crippen LogP contribution in [0.1, 0.15) is 18.4 Å². The van der Waals surface area contributed by atoms with Gasteiger partial charge in [0.15, 0.2) is 0 Å². The maximum Gasteiger partial charge on any atom is 0.231 e. The summed E-state index contributed by atoms with van der Waals surface area (Å²) in [7, 11) is 1.97. The predicted octanol–water partition coefficient (Wildman–Crippen LogP) is 1.75. The second kappa shape index (κ2) is 5.62. The highest BCUT2D eigenvalue weighted by Gasteiger charge is 2.18. The van der Waals surface area contributed by atoms with Crippen molar-refractivity contribution in [1.82, 2.24) is 15.0 Å². The lowest BCUT2D eigenvalue weighted by atomic mass is 10.3. The molecule has 2 aromatic rings. The minimum atomic E-state index is 0.286. The van der Waals surface area contributed by atoms with E-state index in [-0.39, 0.29) is 5.95 Å². The molecule has 0 unspecified atom stereocenters. The van der Waals surface area contributed by atoms with Crippen molar-refractivity contribution in [1.29, 1.82) is 0 Å². The Morgan fingerprint density at radius 1 is 1.30 bits per heavy atom. The first kappa shape index (κ1) is 13.1. The van der Waals surface area contributed by atoms with Crippen LogP contribution in [-0.2, 0) is 6.54 Å². The summed E-state index contributed by atoms with van der Waals surface area (Å²) in [6.45, 7) is 2.76. The van der Waals surface area contributed by atoms with Gasteiger partial charge in [0.25, 0.3) is 0 Å². The van der Waals surface area contributed by atoms with Crippen LogP contribution < -0.4 is 15.5 Å². The molecule has 2 N–H and O–H groups in total. The first-order chi connectivity index (χ1) is 9.72. The van der Waals surface area contributed by atoms with E-state index in [0.717, 1.165) is 19.6 Å². The smallest absolute Gasteiger partial charge is 0.231 e. The van der Waals surface area contributed by atoms with E-state index in [9.17, 15) is 0 Å². The molecule has 3 rings (SSSR count). The quantitative estimate of drug-likeness (QED) is 0.925. The van der Waals surface area contributed by atoms with Crippen molar-refractivity contribution >= 4 is 29.2 Å². The number of nitrogen functional groups attached to an aromatic ring is 1. The van der Waals surface area contributed by atoms with Gasteiger partial charge in [0.1, 0.15) is 0 Å². The standard InChI is InChI=1S/C13H18N6S/c1-18(8-10-4-7-20-9-10)12-15-11(14)16-13(17-12)19-5-2-3-6-19/h4,7,9H,2-3,5-6,8H2,1H3,(H2,14,15,16,17). The Balaban J connectivity index is 1.81. The molecule has 1 aliphatic rings. The molecule has 106 valence electrons. The Kier molecular flexibility index (Phi) is 3.68. The molecular weight excluding hydrogens is 272 g/mol. The van der Waals surface area contributed by atoms with Crippen LogP contribution in [0.15, 0.2) is 16.8 Å². The van der Waals surface area contributed by atoms with Crippen LogP contribution >= 0.6 is 11.3 Å². The van der Waals surface area contributed by atoms with Crippen LogP contribution in [0.25, 0.3) is 0 Å². The van der Waals surface area contributed by atoms with E-state index in [2.05, 4.69) is 36.7 Å².